The van der Waals surface area contributed by atoms with Crippen molar-refractivity contribution in [3.8, 4) is 0 Å². The fourth-order valence-electron chi connectivity index (χ4n) is 0.819. The molecule has 0 aromatic carbocycles. The van der Waals surface area contributed by atoms with E-state index < -0.39 is 36.8 Å². The highest BCUT2D eigenvalue weighted by Crippen LogP contribution is 2.43. The van der Waals surface area contributed by atoms with Crippen molar-refractivity contribution in [2.45, 2.75) is 45.1 Å². The van der Waals surface area contributed by atoms with E-state index in [1.807, 2.05) is 0 Å². The Kier molecular flexibility index (Phi) is 6.11. The van der Waals surface area contributed by atoms with E-state index >= 15 is 0 Å². The SMILES string of the molecule is CCC(C)C(=O)OC(F)(F)OC(F)(F)C(F)(F)OC(F)(F)F. The molecule has 4 nitrogen and oxygen atoms in total. The first kappa shape index (κ1) is 20.8. The number of halogens is 9. The Bertz CT molecular complexity index is 393. The lowest BCUT2D eigenvalue weighted by Crippen LogP contribution is -2.52. The molecule has 0 saturated carbocycles. The number of ether oxygens (including phenoxy) is 3. The van der Waals surface area contributed by atoms with Crippen molar-refractivity contribution in [3.63, 3.8) is 0 Å². The molecule has 0 aliphatic heterocycles. The molecule has 0 radical (unpaired) electrons. The first-order valence-electron chi connectivity index (χ1n) is 5.36. The number of esters is 1. The van der Waals surface area contributed by atoms with Crippen molar-refractivity contribution < 1.29 is 58.5 Å². The average molecular weight is 352 g/mol. The van der Waals surface area contributed by atoms with Gasteiger partial charge in [0.1, 0.15) is 0 Å². The van der Waals surface area contributed by atoms with Crippen LogP contribution in [0.2, 0.25) is 0 Å². The van der Waals surface area contributed by atoms with Crippen LogP contribution in [0, 0.1) is 5.92 Å². The number of rotatable bonds is 7. The van der Waals surface area contributed by atoms with Gasteiger partial charge in [0.15, 0.2) is 0 Å². The maximum atomic E-state index is 12.8. The summed E-state index contributed by atoms with van der Waals surface area (Å²) in [5, 5.41) is 0. The van der Waals surface area contributed by atoms with Crippen molar-refractivity contribution >= 4 is 5.97 Å². The molecule has 0 rings (SSSR count). The molecule has 0 bridgehead atoms. The molecular weight excluding hydrogens is 343 g/mol. The number of carbonyl (C=O) groups excluding carboxylic acids is 1. The van der Waals surface area contributed by atoms with E-state index in [1.165, 1.54) is 6.92 Å². The molecule has 0 spiro atoms. The van der Waals surface area contributed by atoms with E-state index in [0.29, 0.717) is 0 Å². The van der Waals surface area contributed by atoms with E-state index in [9.17, 15) is 44.3 Å². The van der Waals surface area contributed by atoms with Crippen molar-refractivity contribution in [2.24, 2.45) is 5.92 Å². The average Bonchev–Trinajstić information content (AvgIpc) is 2.21. The Morgan fingerprint density at radius 1 is 0.909 bits per heavy atom. The third kappa shape index (κ3) is 6.25. The molecule has 1 unspecified atom stereocenters. The first-order valence-corrected chi connectivity index (χ1v) is 5.36. The second-order valence-corrected chi connectivity index (χ2v) is 3.88. The molecule has 0 heterocycles. The van der Waals surface area contributed by atoms with E-state index in [-0.39, 0.29) is 6.42 Å². The van der Waals surface area contributed by atoms with Gasteiger partial charge in [0.25, 0.3) is 0 Å². The third-order valence-electron chi connectivity index (χ3n) is 2.06. The van der Waals surface area contributed by atoms with Gasteiger partial charge in [0.2, 0.25) is 0 Å². The predicted octanol–water partition coefficient (Wildman–Crippen LogP) is 3.86. The first-order chi connectivity index (χ1) is 9.53. The quantitative estimate of drug-likeness (QED) is 0.397. The Morgan fingerprint density at radius 2 is 1.32 bits per heavy atom. The Morgan fingerprint density at radius 3 is 1.68 bits per heavy atom. The molecule has 0 aromatic rings. The van der Waals surface area contributed by atoms with Crippen LogP contribution in [0.15, 0.2) is 0 Å². The van der Waals surface area contributed by atoms with Crippen molar-refractivity contribution in [2.75, 3.05) is 0 Å². The summed E-state index contributed by atoms with van der Waals surface area (Å²) in [6, 6.07) is 0. The highest BCUT2D eigenvalue weighted by molar-refractivity contribution is 5.72. The van der Waals surface area contributed by atoms with Gasteiger partial charge in [-0.1, -0.05) is 13.8 Å². The fourth-order valence-corrected chi connectivity index (χ4v) is 0.819. The summed E-state index contributed by atoms with van der Waals surface area (Å²) in [5.41, 5.74) is 0. The molecule has 1 atom stereocenters. The standard InChI is InChI=1S/C9H9F9O4/c1-3-4(2)5(19)20-9(17,18)22-7(12,13)6(10,11)21-8(14,15)16/h4H,3H2,1-2H3. The summed E-state index contributed by atoms with van der Waals surface area (Å²) < 4.78 is 118. The maximum absolute atomic E-state index is 12.8. The molecule has 0 aromatic heterocycles. The second-order valence-electron chi connectivity index (χ2n) is 3.88. The molecule has 0 N–H and O–H groups in total. The topological polar surface area (TPSA) is 44.8 Å². The molecular formula is C9H9F9O4. The van der Waals surface area contributed by atoms with E-state index in [4.69, 9.17) is 0 Å². The summed E-state index contributed by atoms with van der Waals surface area (Å²) in [5.74, 6) is -3.02. The van der Waals surface area contributed by atoms with Crippen LogP contribution in [0.4, 0.5) is 39.5 Å². The summed E-state index contributed by atoms with van der Waals surface area (Å²) in [7, 11) is 0. The minimum atomic E-state index is -6.49. The minimum Gasteiger partial charge on any atom is -0.376 e. The van der Waals surface area contributed by atoms with Crippen molar-refractivity contribution in [1.29, 1.82) is 0 Å². The van der Waals surface area contributed by atoms with Crippen LogP contribution in [-0.2, 0) is 19.0 Å². The lowest BCUT2D eigenvalue weighted by atomic mass is 10.1. The van der Waals surface area contributed by atoms with Gasteiger partial charge in [-0.2, -0.15) is 17.6 Å². The van der Waals surface area contributed by atoms with Gasteiger partial charge in [-0.05, 0) is 6.42 Å². The molecule has 0 amide bonds. The van der Waals surface area contributed by atoms with Gasteiger partial charge in [0.05, 0.1) is 5.92 Å². The van der Waals surface area contributed by atoms with Crippen LogP contribution < -0.4 is 0 Å². The monoisotopic (exact) mass is 352 g/mol. The molecule has 22 heavy (non-hydrogen) atoms. The second kappa shape index (κ2) is 6.48. The Balaban J connectivity index is 5.05. The van der Waals surface area contributed by atoms with Crippen molar-refractivity contribution in [3.05, 3.63) is 0 Å². The molecule has 0 aliphatic carbocycles. The number of alkyl halides is 9. The van der Waals surface area contributed by atoms with Gasteiger partial charge in [-0.25, -0.2) is 9.47 Å². The maximum Gasteiger partial charge on any atom is 0.542 e. The molecule has 0 fully saturated rings. The molecule has 0 saturated heterocycles. The summed E-state index contributed by atoms with van der Waals surface area (Å²) >= 11 is 0. The van der Waals surface area contributed by atoms with Gasteiger partial charge in [-0.15, -0.1) is 22.0 Å². The van der Waals surface area contributed by atoms with Crippen LogP contribution in [0.1, 0.15) is 20.3 Å². The Hall–Kier alpha value is -1.24. The largest absolute Gasteiger partial charge is 0.542 e. The number of hydrogen-bond acceptors (Lipinski definition) is 4. The highest BCUT2D eigenvalue weighted by Gasteiger charge is 2.68. The molecule has 132 valence electrons. The number of carbonyl (C=O) groups is 1. The van der Waals surface area contributed by atoms with Crippen LogP contribution >= 0.6 is 0 Å². The zero-order chi connectivity index (χ0) is 18.0. The zero-order valence-corrected chi connectivity index (χ0v) is 10.8. The fraction of sp³-hybridized carbons (Fsp3) is 0.889. The minimum absolute atomic E-state index is 0.0708. The van der Waals surface area contributed by atoms with E-state index in [0.717, 1.165) is 6.92 Å². The van der Waals surface area contributed by atoms with E-state index in [2.05, 4.69) is 9.47 Å². The lowest BCUT2D eigenvalue weighted by Gasteiger charge is -2.28. The summed E-state index contributed by atoms with van der Waals surface area (Å²) in [4.78, 5) is 10.9. The lowest BCUT2D eigenvalue weighted by molar-refractivity contribution is -0.550. The van der Waals surface area contributed by atoms with Gasteiger partial charge < -0.3 is 4.74 Å². The van der Waals surface area contributed by atoms with Gasteiger partial charge in [-0.3, -0.25) is 4.79 Å². The van der Waals surface area contributed by atoms with Crippen LogP contribution in [-0.4, -0.2) is 30.8 Å². The Labute approximate surface area is 117 Å². The summed E-state index contributed by atoms with van der Waals surface area (Å²) in [6.45, 7) is 2.36. The third-order valence-corrected chi connectivity index (χ3v) is 2.06. The highest BCUT2D eigenvalue weighted by atomic mass is 19.4. The molecule has 13 heteroatoms. The number of hydrogen-bond donors (Lipinski definition) is 0. The van der Waals surface area contributed by atoms with Crippen LogP contribution in [0.25, 0.3) is 0 Å². The van der Waals surface area contributed by atoms with Gasteiger partial charge in [0, 0.05) is 0 Å². The molecule has 0 aliphatic rings. The predicted molar refractivity (Wildman–Crippen MR) is 48.6 cm³/mol. The smallest absolute Gasteiger partial charge is 0.376 e. The van der Waals surface area contributed by atoms with Crippen molar-refractivity contribution in [1.82, 2.24) is 0 Å². The van der Waals surface area contributed by atoms with Crippen LogP contribution in [0.5, 0.6) is 0 Å². The van der Waals surface area contributed by atoms with E-state index in [1.54, 1.807) is 4.74 Å². The summed E-state index contributed by atoms with van der Waals surface area (Å²) in [6.07, 6.45) is -24.9. The zero-order valence-electron chi connectivity index (χ0n) is 10.8. The van der Waals surface area contributed by atoms with Gasteiger partial charge >= 0.3 is 30.8 Å². The normalized spacial score (nSPS) is 15.6. The van der Waals surface area contributed by atoms with Crippen LogP contribution in [0.3, 0.4) is 0 Å².